The molecule has 1 N–H and O–H groups in total. The predicted octanol–water partition coefficient (Wildman–Crippen LogP) is 2.69. The normalized spacial score (nSPS) is 17.1. The van der Waals surface area contributed by atoms with Crippen molar-refractivity contribution in [3.63, 3.8) is 0 Å². The molecule has 0 amide bonds. The molecule has 0 bridgehead atoms. The third-order valence-electron chi connectivity index (χ3n) is 4.45. The Morgan fingerprint density at radius 2 is 1.81 bits per heavy atom. The van der Waals surface area contributed by atoms with Gasteiger partial charge in [0.05, 0.1) is 0 Å². The van der Waals surface area contributed by atoms with E-state index in [0.717, 1.165) is 18.0 Å². The lowest BCUT2D eigenvalue weighted by Crippen LogP contribution is -2.39. The Morgan fingerprint density at radius 1 is 1.14 bits per heavy atom. The monoisotopic (exact) mass is 292 g/mol. The van der Waals surface area contributed by atoms with Crippen molar-refractivity contribution in [3.05, 3.63) is 23.8 Å². The van der Waals surface area contributed by atoms with E-state index >= 15 is 0 Å². The van der Waals surface area contributed by atoms with Crippen LogP contribution in [0.5, 0.6) is 11.5 Å². The van der Waals surface area contributed by atoms with Gasteiger partial charge in [-0.3, -0.25) is 0 Å². The number of fused-ring (bicyclic) bond motifs is 1. The van der Waals surface area contributed by atoms with E-state index in [0.29, 0.717) is 25.2 Å². The molecular weight excluding hydrogens is 264 g/mol. The third kappa shape index (κ3) is 3.89. The van der Waals surface area contributed by atoms with Gasteiger partial charge in [-0.25, -0.2) is 0 Å². The summed E-state index contributed by atoms with van der Waals surface area (Å²) in [4.78, 5) is 2.41. The van der Waals surface area contributed by atoms with Crippen LogP contribution < -0.4 is 14.8 Å². The molecule has 2 rings (SSSR count). The van der Waals surface area contributed by atoms with Crippen molar-refractivity contribution in [1.29, 1.82) is 0 Å². The van der Waals surface area contributed by atoms with Crippen LogP contribution in [0.2, 0.25) is 0 Å². The SMILES string of the molecule is CNC(CN(C)C(C)C(C)C)c1ccc2c(c1)OCCO2. The predicted molar refractivity (Wildman–Crippen MR) is 86.2 cm³/mol. The second-order valence-corrected chi connectivity index (χ2v) is 6.17. The number of benzene rings is 1. The van der Waals surface area contributed by atoms with Crippen molar-refractivity contribution < 1.29 is 9.47 Å². The third-order valence-corrected chi connectivity index (χ3v) is 4.45. The van der Waals surface area contributed by atoms with Gasteiger partial charge in [-0.05, 0) is 44.6 Å². The van der Waals surface area contributed by atoms with Gasteiger partial charge >= 0.3 is 0 Å². The highest BCUT2D eigenvalue weighted by Gasteiger charge is 2.20. The van der Waals surface area contributed by atoms with E-state index in [4.69, 9.17) is 9.47 Å². The molecule has 4 nitrogen and oxygen atoms in total. The number of hydrogen-bond acceptors (Lipinski definition) is 4. The van der Waals surface area contributed by atoms with Crippen LogP contribution in [0.3, 0.4) is 0 Å². The molecule has 1 aromatic carbocycles. The molecule has 2 unspecified atom stereocenters. The molecule has 1 aliphatic heterocycles. The Kier molecular flexibility index (Phi) is 5.48. The molecule has 0 saturated heterocycles. The fourth-order valence-corrected chi connectivity index (χ4v) is 2.60. The minimum absolute atomic E-state index is 0.284. The van der Waals surface area contributed by atoms with E-state index in [-0.39, 0.29) is 6.04 Å². The second kappa shape index (κ2) is 7.14. The highest BCUT2D eigenvalue weighted by molar-refractivity contribution is 5.44. The number of nitrogens with zero attached hydrogens (tertiary/aromatic N) is 1. The largest absolute Gasteiger partial charge is 0.486 e. The maximum absolute atomic E-state index is 5.68. The van der Waals surface area contributed by atoms with Crippen LogP contribution in [0.25, 0.3) is 0 Å². The number of hydrogen-bond donors (Lipinski definition) is 1. The number of nitrogens with one attached hydrogen (secondary N) is 1. The van der Waals surface area contributed by atoms with Crippen molar-refractivity contribution in [3.8, 4) is 11.5 Å². The number of rotatable bonds is 6. The van der Waals surface area contributed by atoms with E-state index in [1.807, 2.05) is 13.1 Å². The maximum atomic E-state index is 5.68. The summed E-state index contributed by atoms with van der Waals surface area (Å²) in [5.74, 6) is 2.36. The van der Waals surface area contributed by atoms with Crippen molar-refractivity contribution >= 4 is 0 Å². The minimum atomic E-state index is 0.284. The molecule has 4 heteroatoms. The summed E-state index contributed by atoms with van der Waals surface area (Å²) in [5, 5.41) is 3.41. The Hall–Kier alpha value is -1.26. The fourth-order valence-electron chi connectivity index (χ4n) is 2.60. The van der Waals surface area contributed by atoms with Gasteiger partial charge in [0.1, 0.15) is 13.2 Å². The summed E-state index contributed by atoms with van der Waals surface area (Å²) >= 11 is 0. The average Bonchev–Trinajstić information content (AvgIpc) is 2.51. The quantitative estimate of drug-likeness (QED) is 0.874. The summed E-state index contributed by atoms with van der Waals surface area (Å²) in [6.45, 7) is 9.04. The minimum Gasteiger partial charge on any atom is -0.486 e. The highest BCUT2D eigenvalue weighted by atomic mass is 16.6. The van der Waals surface area contributed by atoms with Gasteiger partial charge in [0, 0.05) is 18.6 Å². The molecule has 118 valence electrons. The van der Waals surface area contributed by atoms with Crippen LogP contribution in [0, 0.1) is 5.92 Å². The molecule has 1 heterocycles. The van der Waals surface area contributed by atoms with Gasteiger partial charge in [0.15, 0.2) is 11.5 Å². The standard InChI is InChI=1S/C17H28N2O2/c1-12(2)13(3)19(5)11-15(18-4)14-6-7-16-17(10-14)21-9-8-20-16/h6-7,10,12-13,15,18H,8-9,11H2,1-5H3. The van der Waals surface area contributed by atoms with Gasteiger partial charge in [-0.1, -0.05) is 19.9 Å². The van der Waals surface area contributed by atoms with E-state index in [9.17, 15) is 0 Å². The van der Waals surface area contributed by atoms with Crippen molar-refractivity contribution in [2.45, 2.75) is 32.9 Å². The van der Waals surface area contributed by atoms with Crippen LogP contribution in [0.1, 0.15) is 32.4 Å². The van der Waals surface area contributed by atoms with E-state index in [2.05, 4.69) is 50.2 Å². The zero-order valence-corrected chi connectivity index (χ0v) is 13.8. The highest BCUT2D eigenvalue weighted by Crippen LogP contribution is 2.32. The summed E-state index contributed by atoms with van der Waals surface area (Å²) < 4.78 is 11.3. The summed E-state index contributed by atoms with van der Waals surface area (Å²) in [6.07, 6.45) is 0. The molecule has 0 aliphatic carbocycles. The lowest BCUT2D eigenvalue weighted by Gasteiger charge is -2.31. The number of ether oxygens (including phenoxy) is 2. The summed E-state index contributed by atoms with van der Waals surface area (Å²) in [7, 11) is 4.20. The van der Waals surface area contributed by atoms with E-state index < -0.39 is 0 Å². The van der Waals surface area contributed by atoms with Crippen LogP contribution in [0.4, 0.5) is 0 Å². The molecule has 1 aliphatic rings. The fraction of sp³-hybridized carbons (Fsp3) is 0.647. The number of likely N-dealkylation sites (N-methyl/N-ethyl adjacent to an activating group) is 2. The van der Waals surface area contributed by atoms with Gasteiger partial charge in [-0.15, -0.1) is 0 Å². The molecule has 0 radical (unpaired) electrons. The van der Waals surface area contributed by atoms with Crippen molar-refractivity contribution in [2.75, 3.05) is 33.9 Å². The van der Waals surface area contributed by atoms with Gasteiger partial charge in [0.2, 0.25) is 0 Å². The Morgan fingerprint density at radius 3 is 2.43 bits per heavy atom. The summed E-state index contributed by atoms with van der Waals surface area (Å²) in [6, 6.07) is 7.08. The first-order chi connectivity index (χ1) is 10.0. The molecule has 1 aromatic rings. The molecule has 21 heavy (non-hydrogen) atoms. The lowest BCUT2D eigenvalue weighted by molar-refractivity contribution is 0.170. The van der Waals surface area contributed by atoms with Crippen LogP contribution in [0.15, 0.2) is 18.2 Å². The first-order valence-corrected chi connectivity index (χ1v) is 7.80. The van der Waals surface area contributed by atoms with Crippen molar-refractivity contribution in [2.24, 2.45) is 5.92 Å². The second-order valence-electron chi connectivity index (χ2n) is 6.17. The van der Waals surface area contributed by atoms with Gasteiger partial charge in [-0.2, -0.15) is 0 Å². The van der Waals surface area contributed by atoms with E-state index in [1.165, 1.54) is 5.56 Å². The molecule has 0 saturated carbocycles. The zero-order valence-electron chi connectivity index (χ0n) is 13.8. The molecule has 0 spiro atoms. The zero-order chi connectivity index (χ0) is 15.4. The average molecular weight is 292 g/mol. The van der Waals surface area contributed by atoms with E-state index in [1.54, 1.807) is 0 Å². The molecule has 0 fully saturated rings. The van der Waals surface area contributed by atoms with Gasteiger partial charge in [0.25, 0.3) is 0 Å². The summed E-state index contributed by atoms with van der Waals surface area (Å²) in [5.41, 5.74) is 1.24. The Balaban J connectivity index is 2.10. The van der Waals surface area contributed by atoms with Crippen LogP contribution in [-0.4, -0.2) is 44.8 Å². The Labute approximate surface area is 128 Å². The lowest BCUT2D eigenvalue weighted by atomic mass is 10.0. The molecular formula is C17H28N2O2. The maximum Gasteiger partial charge on any atom is 0.161 e. The smallest absolute Gasteiger partial charge is 0.161 e. The van der Waals surface area contributed by atoms with Gasteiger partial charge < -0.3 is 19.7 Å². The topological polar surface area (TPSA) is 33.7 Å². The Bertz CT molecular complexity index is 462. The van der Waals surface area contributed by atoms with Crippen molar-refractivity contribution in [1.82, 2.24) is 10.2 Å². The first kappa shape index (κ1) is 16.1. The first-order valence-electron chi connectivity index (χ1n) is 7.80. The van der Waals surface area contributed by atoms with Crippen LogP contribution in [-0.2, 0) is 0 Å². The molecule has 2 atom stereocenters. The molecule has 0 aromatic heterocycles. The van der Waals surface area contributed by atoms with Crippen LogP contribution >= 0.6 is 0 Å².